The molecule has 0 unspecified atom stereocenters. The molecule has 5 nitrogen and oxygen atoms in total. The minimum absolute atomic E-state index is 0.00134. The highest BCUT2D eigenvalue weighted by Gasteiger charge is 2.19. The van der Waals surface area contributed by atoms with Gasteiger partial charge in [-0.2, -0.15) is 0 Å². The summed E-state index contributed by atoms with van der Waals surface area (Å²) in [4.78, 5) is 14.2. The predicted molar refractivity (Wildman–Crippen MR) is 81.1 cm³/mol. The van der Waals surface area contributed by atoms with Gasteiger partial charge in [0.15, 0.2) is 0 Å². The van der Waals surface area contributed by atoms with Crippen LogP contribution in [0.1, 0.15) is 37.7 Å². The molecule has 1 aliphatic rings. The second kappa shape index (κ2) is 7.31. The Morgan fingerprint density at radius 2 is 2.19 bits per heavy atom. The third kappa shape index (κ3) is 4.63. The van der Waals surface area contributed by atoms with E-state index in [0.29, 0.717) is 18.0 Å². The Balaban J connectivity index is 1.74. The van der Waals surface area contributed by atoms with Gasteiger partial charge in [-0.05, 0) is 45.0 Å². The minimum atomic E-state index is 0.00134. The number of nitrogens with one attached hydrogen (secondary N) is 1. The molecule has 1 amide bonds. The summed E-state index contributed by atoms with van der Waals surface area (Å²) >= 11 is 0. The number of piperidine rings is 1. The number of amides is 1. The normalized spacial score (nSPS) is 19.4. The number of phenols is 2. The standard InChI is InChI=1S/C16H24N2O3/c1-18-9-3-2-4-13(18)6-8-16(21)17-11-12-5-7-14(19)10-15(12)20/h5,7,10,13,19-20H,2-4,6,8-9,11H2,1H3,(H,17,21)/t13-/m0/s1. The summed E-state index contributed by atoms with van der Waals surface area (Å²) in [5.74, 6) is 0.0201. The van der Waals surface area contributed by atoms with E-state index >= 15 is 0 Å². The number of aromatic hydroxyl groups is 2. The monoisotopic (exact) mass is 292 g/mol. The second-order valence-corrected chi connectivity index (χ2v) is 5.76. The van der Waals surface area contributed by atoms with Crippen LogP contribution in [0.4, 0.5) is 0 Å². The molecular weight excluding hydrogens is 268 g/mol. The molecule has 116 valence electrons. The Hall–Kier alpha value is -1.75. The molecule has 1 aromatic rings. The van der Waals surface area contributed by atoms with E-state index < -0.39 is 0 Å². The van der Waals surface area contributed by atoms with E-state index in [9.17, 15) is 15.0 Å². The minimum Gasteiger partial charge on any atom is -0.508 e. The van der Waals surface area contributed by atoms with Crippen molar-refractivity contribution in [2.24, 2.45) is 0 Å². The van der Waals surface area contributed by atoms with Gasteiger partial charge in [0.05, 0.1) is 0 Å². The molecule has 1 heterocycles. The van der Waals surface area contributed by atoms with Gasteiger partial charge in [0.2, 0.25) is 5.91 Å². The number of nitrogens with zero attached hydrogens (tertiary/aromatic N) is 1. The van der Waals surface area contributed by atoms with Crippen LogP contribution in [0.5, 0.6) is 11.5 Å². The SMILES string of the molecule is CN1CCCC[C@H]1CCC(=O)NCc1ccc(O)cc1O. The molecule has 3 N–H and O–H groups in total. The van der Waals surface area contributed by atoms with E-state index in [2.05, 4.69) is 17.3 Å². The lowest BCUT2D eigenvalue weighted by Crippen LogP contribution is -2.37. The van der Waals surface area contributed by atoms with Gasteiger partial charge < -0.3 is 20.4 Å². The van der Waals surface area contributed by atoms with E-state index in [4.69, 9.17) is 0 Å². The van der Waals surface area contributed by atoms with Crippen molar-refractivity contribution in [2.45, 2.75) is 44.7 Å². The van der Waals surface area contributed by atoms with E-state index in [1.807, 2.05) is 0 Å². The Bertz CT molecular complexity index is 490. The smallest absolute Gasteiger partial charge is 0.220 e. The summed E-state index contributed by atoms with van der Waals surface area (Å²) < 4.78 is 0. The first-order valence-electron chi connectivity index (χ1n) is 7.54. The molecule has 0 spiro atoms. The number of hydrogen-bond acceptors (Lipinski definition) is 4. The van der Waals surface area contributed by atoms with Gasteiger partial charge in [0.25, 0.3) is 0 Å². The topological polar surface area (TPSA) is 72.8 Å². The predicted octanol–water partition coefficient (Wildman–Crippen LogP) is 1.98. The van der Waals surface area contributed by atoms with Crippen LogP contribution in [-0.4, -0.2) is 40.7 Å². The van der Waals surface area contributed by atoms with Crippen LogP contribution in [0.2, 0.25) is 0 Å². The number of phenolic OH excluding ortho intramolecular Hbond substituents is 2. The molecule has 0 aliphatic carbocycles. The molecule has 0 saturated carbocycles. The van der Waals surface area contributed by atoms with Gasteiger partial charge in [-0.3, -0.25) is 4.79 Å². The van der Waals surface area contributed by atoms with Gasteiger partial charge in [-0.15, -0.1) is 0 Å². The fourth-order valence-electron chi connectivity index (χ4n) is 2.79. The molecule has 5 heteroatoms. The Morgan fingerprint density at radius 1 is 1.38 bits per heavy atom. The van der Waals surface area contributed by atoms with Crippen LogP contribution in [0.3, 0.4) is 0 Å². The zero-order valence-electron chi connectivity index (χ0n) is 12.5. The first-order chi connectivity index (χ1) is 10.1. The molecule has 2 rings (SSSR count). The van der Waals surface area contributed by atoms with Gasteiger partial charge in [0, 0.05) is 30.6 Å². The first kappa shape index (κ1) is 15.6. The zero-order chi connectivity index (χ0) is 15.2. The lowest BCUT2D eigenvalue weighted by molar-refractivity contribution is -0.121. The molecule has 1 aromatic carbocycles. The number of hydrogen-bond donors (Lipinski definition) is 3. The average molecular weight is 292 g/mol. The Kier molecular flexibility index (Phi) is 5.44. The van der Waals surface area contributed by atoms with Crippen LogP contribution in [0.15, 0.2) is 18.2 Å². The number of benzene rings is 1. The van der Waals surface area contributed by atoms with E-state index in [-0.39, 0.29) is 24.0 Å². The molecule has 0 aromatic heterocycles. The molecule has 0 bridgehead atoms. The Morgan fingerprint density at radius 3 is 2.90 bits per heavy atom. The second-order valence-electron chi connectivity index (χ2n) is 5.76. The molecule has 21 heavy (non-hydrogen) atoms. The molecule has 1 fully saturated rings. The van der Waals surface area contributed by atoms with Crippen LogP contribution in [0.25, 0.3) is 0 Å². The summed E-state index contributed by atoms with van der Waals surface area (Å²) in [6.07, 6.45) is 5.05. The largest absolute Gasteiger partial charge is 0.508 e. The summed E-state index contributed by atoms with van der Waals surface area (Å²) in [7, 11) is 2.12. The van der Waals surface area contributed by atoms with E-state index in [1.54, 1.807) is 6.07 Å². The van der Waals surface area contributed by atoms with Crippen molar-refractivity contribution in [3.8, 4) is 11.5 Å². The highest BCUT2D eigenvalue weighted by molar-refractivity contribution is 5.76. The van der Waals surface area contributed by atoms with Gasteiger partial charge in [-0.1, -0.05) is 6.42 Å². The number of rotatable bonds is 5. The molecule has 1 saturated heterocycles. The van der Waals surface area contributed by atoms with Crippen molar-refractivity contribution >= 4 is 5.91 Å². The maximum absolute atomic E-state index is 11.9. The summed E-state index contributed by atoms with van der Waals surface area (Å²) in [6, 6.07) is 4.89. The maximum atomic E-state index is 11.9. The third-order valence-electron chi connectivity index (χ3n) is 4.17. The van der Waals surface area contributed by atoms with Gasteiger partial charge >= 0.3 is 0 Å². The lowest BCUT2D eigenvalue weighted by atomic mass is 9.98. The van der Waals surface area contributed by atoms with E-state index in [0.717, 1.165) is 13.0 Å². The van der Waals surface area contributed by atoms with Crippen LogP contribution in [0, 0.1) is 0 Å². The molecule has 1 atom stereocenters. The lowest BCUT2D eigenvalue weighted by Gasteiger charge is -2.32. The summed E-state index contributed by atoms with van der Waals surface area (Å²) in [5.41, 5.74) is 0.607. The number of carbonyl (C=O) groups is 1. The van der Waals surface area contributed by atoms with E-state index in [1.165, 1.54) is 31.4 Å². The number of carbonyl (C=O) groups excluding carboxylic acids is 1. The quantitative estimate of drug-likeness (QED) is 0.776. The van der Waals surface area contributed by atoms with Crippen molar-refractivity contribution in [3.05, 3.63) is 23.8 Å². The van der Waals surface area contributed by atoms with Crippen molar-refractivity contribution in [2.75, 3.05) is 13.6 Å². The molecular formula is C16H24N2O3. The van der Waals surface area contributed by atoms with Crippen molar-refractivity contribution in [1.82, 2.24) is 10.2 Å². The fourth-order valence-corrected chi connectivity index (χ4v) is 2.79. The van der Waals surface area contributed by atoms with Crippen LogP contribution >= 0.6 is 0 Å². The maximum Gasteiger partial charge on any atom is 0.220 e. The molecule has 1 aliphatic heterocycles. The Labute approximate surface area is 125 Å². The van der Waals surface area contributed by atoms with Crippen molar-refractivity contribution in [3.63, 3.8) is 0 Å². The zero-order valence-corrected chi connectivity index (χ0v) is 12.5. The fraction of sp³-hybridized carbons (Fsp3) is 0.562. The number of likely N-dealkylation sites (tertiary alicyclic amines) is 1. The van der Waals surface area contributed by atoms with Gasteiger partial charge in [0.1, 0.15) is 11.5 Å². The summed E-state index contributed by atoms with van der Waals surface area (Å²) in [6.45, 7) is 1.40. The molecule has 0 radical (unpaired) electrons. The van der Waals surface area contributed by atoms with Crippen LogP contribution in [-0.2, 0) is 11.3 Å². The highest BCUT2D eigenvalue weighted by atomic mass is 16.3. The van der Waals surface area contributed by atoms with Gasteiger partial charge in [-0.25, -0.2) is 0 Å². The summed E-state index contributed by atoms with van der Waals surface area (Å²) in [5, 5.41) is 21.7. The highest BCUT2D eigenvalue weighted by Crippen LogP contribution is 2.22. The third-order valence-corrected chi connectivity index (χ3v) is 4.17. The van der Waals surface area contributed by atoms with Crippen molar-refractivity contribution in [1.29, 1.82) is 0 Å². The average Bonchev–Trinajstić information content (AvgIpc) is 2.45. The van der Waals surface area contributed by atoms with Crippen LogP contribution < -0.4 is 5.32 Å². The van der Waals surface area contributed by atoms with Crippen molar-refractivity contribution < 1.29 is 15.0 Å². The first-order valence-corrected chi connectivity index (χ1v) is 7.54.